The summed E-state index contributed by atoms with van der Waals surface area (Å²) in [6, 6.07) is 0. The second-order valence-corrected chi connectivity index (χ2v) is 27.8. The lowest BCUT2D eigenvalue weighted by Gasteiger charge is -2.55. The topological polar surface area (TPSA) is 54.0 Å². The maximum atomic E-state index is 12.2. The molecule has 1 saturated carbocycles. The summed E-state index contributed by atoms with van der Waals surface area (Å²) >= 11 is 0. The van der Waals surface area contributed by atoms with Crippen molar-refractivity contribution in [3.05, 3.63) is 11.6 Å². The van der Waals surface area contributed by atoms with E-state index in [0.29, 0.717) is 12.8 Å². The largest absolute Gasteiger partial charge is 0.466 e. The molecular formula is C25H52O5Si3. The van der Waals surface area contributed by atoms with Gasteiger partial charge in [0.2, 0.25) is 0 Å². The summed E-state index contributed by atoms with van der Waals surface area (Å²) in [7, 11) is -4.74. The summed E-state index contributed by atoms with van der Waals surface area (Å²) in [5.41, 5.74) is 0.425. The minimum atomic E-state index is -2.11. The summed E-state index contributed by atoms with van der Waals surface area (Å²) in [6.07, 6.45) is 2.56. The van der Waals surface area contributed by atoms with Crippen LogP contribution >= 0.6 is 0 Å². The van der Waals surface area contributed by atoms with E-state index in [1.807, 2.05) is 0 Å². The molecule has 0 aliphatic heterocycles. The number of hydrogen-bond donors (Lipinski definition) is 0. The first-order valence-corrected chi connectivity index (χ1v) is 21.5. The fourth-order valence-electron chi connectivity index (χ4n) is 3.69. The van der Waals surface area contributed by atoms with Gasteiger partial charge in [0.1, 0.15) is 5.60 Å². The Morgan fingerprint density at radius 1 is 0.848 bits per heavy atom. The van der Waals surface area contributed by atoms with Crippen LogP contribution in [0.5, 0.6) is 0 Å². The van der Waals surface area contributed by atoms with Crippen molar-refractivity contribution in [2.45, 2.75) is 135 Å². The standard InChI is InChI=1S/C25H52O5Si3/c1-23(2,3)32(12,13)28-20-16-19(18-22(26)27-8)17-21(25(20,7)30-31(9,10)11)29-33(14,15)24(4,5)6/h18,20-21H,16-17H2,1-15H3/t20-,21-,25?/m1/s1. The van der Waals surface area contributed by atoms with Crippen LogP contribution in [0.3, 0.4) is 0 Å². The van der Waals surface area contributed by atoms with Crippen LogP contribution in [0.2, 0.25) is 55.9 Å². The number of carbonyl (C=O) groups is 1. The van der Waals surface area contributed by atoms with E-state index in [9.17, 15) is 4.79 Å². The van der Waals surface area contributed by atoms with Gasteiger partial charge >= 0.3 is 5.97 Å². The zero-order valence-corrected chi connectivity index (χ0v) is 27.2. The summed E-state index contributed by atoms with van der Waals surface area (Å²) in [5.74, 6) is -0.322. The maximum absolute atomic E-state index is 12.2. The van der Waals surface area contributed by atoms with Crippen molar-refractivity contribution < 1.29 is 22.8 Å². The number of rotatable bonds is 7. The van der Waals surface area contributed by atoms with E-state index in [1.165, 1.54) is 7.11 Å². The molecule has 0 aromatic heterocycles. The van der Waals surface area contributed by atoms with Crippen LogP contribution in [0.4, 0.5) is 0 Å². The molecule has 33 heavy (non-hydrogen) atoms. The number of esters is 1. The molecule has 8 heteroatoms. The Morgan fingerprint density at radius 2 is 1.21 bits per heavy atom. The number of carbonyl (C=O) groups excluding carboxylic acids is 1. The van der Waals surface area contributed by atoms with Gasteiger partial charge in [-0.3, -0.25) is 0 Å². The molecule has 0 amide bonds. The van der Waals surface area contributed by atoms with E-state index in [2.05, 4.69) is 94.3 Å². The van der Waals surface area contributed by atoms with E-state index in [4.69, 9.17) is 18.0 Å². The average molecular weight is 517 g/mol. The third-order valence-corrected chi connectivity index (χ3v) is 17.7. The highest BCUT2D eigenvalue weighted by Gasteiger charge is 2.55. The molecule has 1 aliphatic carbocycles. The molecule has 0 unspecified atom stereocenters. The zero-order chi connectivity index (χ0) is 26.3. The van der Waals surface area contributed by atoms with E-state index in [0.717, 1.165) is 5.57 Å². The SMILES string of the molecule is COC(=O)C=C1C[C@@H](O[Si](C)(C)C(C)(C)C)C(C)(O[Si](C)(C)C)[C@H](O[Si](C)(C)C(C)(C)C)C1. The van der Waals surface area contributed by atoms with Crippen molar-refractivity contribution >= 4 is 30.9 Å². The van der Waals surface area contributed by atoms with Crippen LogP contribution in [0, 0.1) is 0 Å². The second-order valence-electron chi connectivity index (χ2n) is 13.9. The summed E-state index contributed by atoms with van der Waals surface area (Å²) in [6.45, 7) is 31.5. The lowest BCUT2D eigenvalue weighted by Crippen LogP contribution is -2.65. The molecule has 0 saturated heterocycles. The van der Waals surface area contributed by atoms with Gasteiger partial charge in [-0.15, -0.1) is 0 Å². The van der Waals surface area contributed by atoms with E-state index in [1.54, 1.807) is 6.08 Å². The molecule has 1 fully saturated rings. The van der Waals surface area contributed by atoms with E-state index in [-0.39, 0.29) is 28.3 Å². The summed E-state index contributed by atoms with van der Waals surface area (Å²) in [4.78, 5) is 12.2. The monoisotopic (exact) mass is 516 g/mol. The first-order valence-electron chi connectivity index (χ1n) is 12.3. The fourth-order valence-corrected chi connectivity index (χ4v) is 8.04. The van der Waals surface area contributed by atoms with Gasteiger partial charge in [-0.25, -0.2) is 4.79 Å². The fraction of sp³-hybridized carbons (Fsp3) is 0.880. The van der Waals surface area contributed by atoms with Gasteiger partial charge in [-0.1, -0.05) is 47.1 Å². The van der Waals surface area contributed by atoms with Crippen molar-refractivity contribution in [2.24, 2.45) is 0 Å². The highest BCUT2D eigenvalue weighted by Crippen LogP contribution is 2.48. The number of methoxy groups -OCH3 is 1. The molecule has 1 rings (SSSR count). The molecule has 2 atom stereocenters. The Morgan fingerprint density at radius 3 is 1.48 bits per heavy atom. The van der Waals surface area contributed by atoms with Crippen LogP contribution in [-0.2, 0) is 22.8 Å². The van der Waals surface area contributed by atoms with Crippen LogP contribution in [-0.4, -0.2) is 55.8 Å². The van der Waals surface area contributed by atoms with Gasteiger partial charge in [0, 0.05) is 6.08 Å². The quantitative estimate of drug-likeness (QED) is 0.202. The number of ether oxygens (including phenoxy) is 1. The zero-order valence-electron chi connectivity index (χ0n) is 24.2. The van der Waals surface area contributed by atoms with Crippen molar-refractivity contribution in [1.82, 2.24) is 0 Å². The lowest BCUT2D eigenvalue weighted by molar-refractivity contribution is -0.135. The van der Waals surface area contributed by atoms with Gasteiger partial charge in [-0.2, -0.15) is 0 Å². The highest BCUT2D eigenvalue weighted by molar-refractivity contribution is 6.74. The number of hydrogen-bond acceptors (Lipinski definition) is 5. The Labute approximate surface area is 207 Å². The Bertz CT molecular complexity index is 684. The molecule has 0 N–H and O–H groups in total. The highest BCUT2D eigenvalue weighted by atomic mass is 28.4. The minimum Gasteiger partial charge on any atom is -0.466 e. The molecule has 194 valence electrons. The van der Waals surface area contributed by atoms with E-state index < -0.39 is 30.6 Å². The van der Waals surface area contributed by atoms with Gasteiger partial charge in [0.15, 0.2) is 25.0 Å². The molecule has 1 aliphatic rings. The first kappa shape index (κ1) is 30.8. The first-order chi connectivity index (χ1) is 14.5. The molecule has 0 heterocycles. The molecule has 0 radical (unpaired) electrons. The van der Waals surface area contributed by atoms with Crippen LogP contribution in [0.1, 0.15) is 61.3 Å². The predicted molar refractivity (Wildman–Crippen MR) is 146 cm³/mol. The van der Waals surface area contributed by atoms with Crippen LogP contribution < -0.4 is 0 Å². The Hall–Kier alpha value is -0.259. The second kappa shape index (κ2) is 10.0. The minimum absolute atomic E-state index is 0.0620. The van der Waals surface area contributed by atoms with Crippen molar-refractivity contribution in [3.63, 3.8) is 0 Å². The van der Waals surface area contributed by atoms with Crippen LogP contribution in [0.25, 0.3) is 0 Å². The Balaban J connectivity index is 3.64. The van der Waals surface area contributed by atoms with Gasteiger partial charge < -0.3 is 18.0 Å². The van der Waals surface area contributed by atoms with Crippen molar-refractivity contribution in [1.29, 1.82) is 0 Å². The normalized spacial score (nSPS) is 25.7. The van der Waals surface area contributed by atoms with Gasteiger partial charge in [-0.05, 0) is 75.7 Å². The maximum Gasteiger partial charge on any atom is 0.330 e. The third kappa shape index (κ3) is 7.87. The average Bonchev–Trinajstić information content (AvgIpc) is 2.55. The lowest BCUT2D eigenvalue weighted by atomic mass is 9.78. The molecule has 5 nitrogen and oxygen atoms in total. The molecule has 0 aromatic carbocycles. The van der Waals surface area contributed by atoms with E-state index >= 15 is 0 Å². The van der Waals surface area contributed by atoms with Crippen molar-refractivity contribution in [2.75, 3.05) is 7.11 Å². The van der Waals surface area contributed by atoms with Crippen LogP contribution in [0.15, 0.2) is 11.6 Å². The van der Waals surface area contributed by atoms with Gasteiger partial charge in [0.25, 0.3) is 0 Å². The summed E-state index contributed by atoms with van der Waals surface area (Å²) < 4.78 is 26.1. The van der Waals surface area contributed by atoms with Gasteiger partial charge in [0.05, 0.1) is 19.3 Å². The Kier molecular flexibility index (Phi) is 9.33. The molecule has 0 aromatic rings. The van der Waals surface area contributed by atoms with Crippen molar-refractivity contribution in [3.8, 4) is 0 Å². The predicted octanol–water partition coefficient (Wildman–Crippen LogP) is 7.27. The summed E-state index contributed by atoms with van der Waals surface area (Å²) in [5, 5.41) is 0.124. The molecule has 0 bridgehead atoms. The molecular weight excluding hydrogens is 465 g/mol. The third-order valence-electron chi connectivity index (χ3n) is 7.71. The smallest absolute Gasteiger partial charge is 0.330 e. The molecule has 0 spiro atoms.